The molecule has 2 aromatic carbocycles. The first-order valence-corrected chi connectivity index (χ1v) is 9.54. The second-order valence-electron chi connectivity index (χ2n) is 6.42. The van der Waals surface area contributed by atoms with Crippen molar-refractivity contribution >= 4 is 40.5 Å². The molecule has 0 spiro atoms. The number of hydrogen-bond donors (Lipinski definition) is 3. The minimum atomic E-state index is -0.351. The zero-order chi connectivity index (χ0) is 20.8. The molecular formula is C22H21N3O3S. The minimum Gasteiger partial charge on any atom is -0.459 e. The number of benzene rings is 2. The maximum absolute atomic E-state index is 12.4. The molecule has 1 aromatic heterocycles. The van der Waals surface area contributed by atoms with Crippen molar-refractivity contribution in [1.29, 1.82) is 0 Å². The summed E-state index contributed by atoms with van der Waals surface area (Å²) in [5.41, 5.74) is 3.84. The summed E-state index contributed by atoms with van der Waals surface area (Å²) in [4.78, 5) is 24.5. The molecular weight excluding hydrogens is 386 g/mol. The van der Waals surface area contributed by atoms with Crippen LogP contribution in [-0.4, -0.2) is 16.9 Å². The molecule has 0 bridgehead atoms. The summed E-state index contributed by atoms with van der Waals surface area (Å²) >= 11 is 5.27. The van der Waals surface area contributed by atoms with Crippen LogP contribution in [0.5, 0.6) is 0 Å². The van der Waals surface area contributed by atoms with Crippen LogP contribution in [0.4, 0.5) is 11.4 Å². The average Bonchev–Trinajstić information content (AvgIpc) is 3.25. The number of anilines is 2. The van der Waals surface area contributed by atoms with Crippen LogP contribution < -0.4 is 16.0 Å². The molecule has 2 amide bonds. The lowest BCUT2D eigenvalue weighted by atomic mass is 10.1. The fourth-order valence-corrected chi connectivity index (χ4v) is 2.86. The number of hydrogen-bond acceptors (Lipinski definition) is 4. The molecule has 0 atom stereocenters. The van der Waals surface area contributed by atoms with Gasteiger partial charge >= 0.3 is 0 Å². The van der Waals surface area contributed by atoms with Crippen LogP contribution in [0.1, 0.15) is 39.0 Å². The predicted molar refractivity (Wildman–Crippen MR) is 117 cm³/mol. The molecule has 0 radical (unpaired) electrons. The molecule has 29 heavy (non-hydrogen) atoms. The van der Waals surface area contributed by atoms with Crippen molar-refractivity contribution in [2.24, 2.45) is 0 Å². The van der Waals surface area contributed by atoms with E-state index in [1.54, 1.807) is 36.4 Å². The summed E-state index contributed by atoms with van der Waals surface area (Å²) in [7, 11) is 0. The third kappa shape index (κ3) is 5.30. The lowest BCUT2D eigenvalue weighted by Crippen LogP contribution is -2.34. The Hall–Kier alpha value is -3.45. The Morgan fingerprint density at radius 3 is 2.41 bits per heavy atom. The van der Waals surface area contributed by atoms with Crippen LogP contribution >= 0.6 is 12.2 Å². The summed E-state index contributed by atoms with van der Waals surface area (Å²) in [6.07, 6.45) is 2.35. The number of thiocarbonyl (C=S) groups is 1. The van der Waals surface area contributed by atoms with Crippen LogP contribution in [0.15, 0.2) is 65.3 Å². The second kappa shape index (κ2) is 9.16. The van der Waals surface area contributed by atoms with Crippen LogP contribution in [-0.2, 0) is 6.42 Å². The standard InChI is InChI=1S/C22H21N3O3S/c1-3-15-7-9-16(10-8-15)20(26)25-22(29)24-18-13-17(11-6-14(18)2)23-21(27)19-5-4-12-28-19/h4-13H,3H2,1-2H3,(H,23,27)(H2,24,25,26,29). The largest absolute Gasteiger partial charge is 0.459 e. The molecule has 0 unspecified atom stereocenters. The van der Waals surface area contributed by atoms with Gasteiger partial charge in [0.15, 0.2) is 10.9 Å². The topological polar surface area (TPSA) is 83.4 Å². The maximum Gasteiger partial charge on any atom is 0.291 e. The molecule has 0 aliphatic carbocycles. The summed E-state index contributed by atoms with van der Waals surface area (Å²) in [5, 5.41) is 8.61. The molecule has 0 aliphatic heterocycles. The fourth-order valence-electron chi connectivity index (χ4n) is 2.66. The molecule has 148 valence electrons. The summed E-state index contributed by atoms with van der Waals surface area (Å²) in [5.74, 6) is -0.418. The zero-order valence-corrected chi connectivity index (χ0v) is 16.9. The van der Waals surface area contributed by atoms with Crippen LogP contribution in [0.25, 0.3) is 0 Å². The Kier molecular flexibility index (Phi) is 6.41. The Morgan fingerprint density at radius 1 is 1.00 bits per heavy atom. The van der Waals surface area contributed by atoms with Gasteiger partial charge in [-0.05, 0) is 73.1 Å². The van der Waals surface area contributed by atoms with E-state index < -0.39 is 0 Å². The highest BCUT2D eigenvalue weighted by molar-refractivity contribution is 7.80. The predicted octanol–water partition coefficient (Wildman–Crippen LogP) is 4.53. The third-order valence-corrected chi connectivity index (χ3v) is 4.54. The zero-order valence-electron chi connectivity index (χ0n) is 16.1. The van der Waals surface area contributed by atoms with Crippen molar-refractivity contribution < 1.29 is 14.0 Å². The monoisotopic (exact) mass is 407 g/mol. The van der Waals surface area contributed by atoms with Crippen LogP contribution in [0.2, 0.25) is 0 Å². The molecule has 0 saturated carbocycles. The fraction of sp³-hybridized carbons (Fsp3) is 0.136. The van der Waals surface area contributed by atoms with Crippen LogP contribution in [0, 0.1) is 6.92 Å². The average molecular weight is 407 g/mol. The van der Waals surface area contributed by atoms with Gasteiger partial charge in [-0.25, -0.2) is 0 Å². The minimum absolute atomic E-state index is 0.173. The Bertz CT molecular complexity index is 1030. The normalized spacial score (nSPS) is 10.3. The number of amides is 2. The molecule has 3 aromatic rings. The van der Waals surface area contributed by atoms with Crippen molar-refractivity contribution in [2.45, 2.75) is 20.3 Å². The number of carbonyl (C=O) groups excluding carboxylic acids is 2. The number of nitrogens with one attached hydrogen (secondary N) is 3. The highest BCUT2D eigenvalue weighted by atomic mass is 32.1. The van der Waals surface area contributed by atoms with Gasteiger partial charge in [0, 0.05) is 16.9 Å². The highest BCUT2D eigenvalue weighted by Crippen LogP contribution is 2.21. The van der Waals surface area contributed by atoms with Crippen molar-refractivity contribution in [3.63, 3.8) is 0 Å². The Balaban J connectivity index is 1.64. The van der Waals surface area contributed by atoms with Gasteiger partial charge in [0.05, 0.1) is 6.26 Å². The second-order valence-corrected chi connectivity index (χ2v) is 6.83. The van der Waals surface area contributed by atoms with Crippen molar-refractivity contribution in [1.82, 2.24) is 5.32 Å². The van der Waals surface area contributed by atoms with Gasteiger partial charge in [0.1, 0.15) is 0 Å². The van der Waals surface area contributed by atoms with Gasteiger partial charge in [-0.3, -0.25) is 14.9 Å². The van der Waals surface area contributed by atoms with E-state index in [1.807, 2.05) is 25.1 Å². The van der Waals surface area contributed by atoms with Crippen molar-refractivity contribution in [3.8, 4) is 0 Å². The molecule has 1 heterocycles. The lowest BCUT2D eigenvalue weighted by Gasteiger charge is -2.13. The lowest BCUT2D eigenvalue weighted by molar-refractivity contribution is 0.0975. The Morgan fingerprint density at radius 2 is 1.76 bits per heavy atom. The first-order valence-electron chi connectivity index (χ1n) is 9.13. The smallest absolute Gasteiger partial charge is 0.291 e. The number of furan rings is 1. The summed E-state index contributed by atoms with van der Waals surface area (Å²) < 4.78 is 5.09. The van der Waals surface area contributed by atoms with Crippen LogP contribution in [0.3, 0.4) is 0 Å². The molecule has 3 rings (SSSR count). The van der Waals surface area contributed by atoms with Gasteiger partial charge in [0.2, 0.25) is 0 Å². The van der Waals surface area contributed by atoms with Gasteiger partial charge in [-0.1, -0.05) is 25.1 Å². The van der Waals surface area contributed by atoms with Crippen molar-refractivity contribution in [3.05, 3.63) is 83.3 Å². The summed E-state index contributed by atoms with van der Waals surface area (Å²) in [6.45, 7) is 3.95. The van der Waals surface area contributed by atoms with Gasteiger partial charge < -0.3 is 15.1 Å². The first-order chi connectivity index (χ1) is 14.0. The van der Waals surface area contributed by atoms with E-state index in [1.165, 1.54) is 6.26 Å². The molecule has 0 saturated heterocycles. The molecule has 0 fully saturated rings. The molecule has 6 nitrogen and oxygen atoms in total. The SMILES string of the molecule is CCc1ccc(C(=O)NC(=S)Nc2cc(NC(=O)c3ccco3)ccc2C)cc1. The van der Waals surface area contributed by atoms with Gasteiger partial charge in [-0.2, -0.15) is 0 Å². The number of carbonyl (C=O) groups is 2. The van der Waals surface area contributed by atoms with E-state index >= 15 is 0 Å². The maximum atomic E-state index is 12.4. The number of aryl methyl sites for hydroxylation is 2. The highest BCUT2D eigenvalue weighted by Gasteiger charge is 2.12. The Labute approximate surface area is 174 Å². The summed E-state index contributed by atoms with van der Waals surface area (Å²) in [6, 6.07) is 16.0. The van der Waals surface area contributed by atoms with Crippen molar-refractivity contribution in [2.75, 3.05) is 10.6 Å². The van der Waals surface area contributed by atoms with E-state index in [0.717, 1.165) is 17.5 Å². The first kappa shape index (κ1) is 20.3. The van der Waals surface area contributed by atoms with E-state index in [2.05, 4.69) is 22.9 Å². The quantitative estimate of drug-likeness (QED) is 0.541. The van der Waals surface area contributed by atoms with Gasteiger partial charge in [-0.15, -0.1) is 0 Å². The van der Waals surface area contributed by atoms with E-state index in [0.29, 0.717) is 16.9 Å². The molecule has 3 N–H and O–H groups in total. The molecule has 0 aliphatic rings. The van der Waals surface area contributed by atoms with E-state index in [4.69, 9.17) is 16.6 Å². The van der Waals surface area contributed by atoms with Gasteiger partial charge in [0.25, 0.3) is 11.8 Å². The van der Waals surface area contributed by atoms with E-state index in [-0.39, 0.29) is 22.7 Å². The third-order valence-electron chi connectivity index (χ3n) is 4.34. The molecule has 7 heteroatoms. The number of rotatable bonds is 5. The van der Waals surface area contributed by atoms with E-state index in [9.17, 15) is 9.59 Å².